The monoisotopic (exact) mass is 262 g/mol. The number of hydrogen-bond acceptors (Lipinski definition) is 2. The molecule has 0 aliphatic heterocycles. The summed E-state index contributed by atoms with van der Waals surface area (Å²) in [6.07, 6.45) is 0. The van der Waals surface area contributed by atoms with Crippen LogP contribution >= 0.6 is 0 Å². The van der Waals surface area contributed by atoms with Gasteiger partial charge in [-0.3, -0.25) is 4.90 Å². The predicted octanol–water partition coefficient (Wildman–Crippen LogP) is 3.45. The normalized spacial score (nSPS) is 14.9. The molecule has 2 unspecified atom stereocenters. The molecule has 0 radical (unpaired) electrons. The lowest BCUT2D eigenvalue weighted by Gasteiger charge is -2.30. The Hall–Kier alpha value is -0.860. The highest BCUT2D eigenvalue weighted by molar-refractivity contribution is 5.21. The quantitative estimate of drug-likeness (QED) is 0.809. The SMILES string of the molecule is Cc1ccc(CN(C)C(C)C(C)CNC(C)C)cc1. The molecule has 1 rings (SSSR count). The number of aryl methyl sites for hydroxylation is 1. The molecular formula is C17H30N2. The van der Waals surface area contributed by atoms with Crippen LogP contribution in [0.3, 0.4) is 0 Å². The smallest absolute Gasteiger partial charge is 0.0233 e. The maximum absolute atomic E-state index is 3.53. The molecular weight excluding hydrogens is 232 g/mol. The molecule has 108 valence electrons. The third kappa shape index (κ3) is 5.75. The van der Waals surface area contributed by atoms with Crippen molar-refractivity contribution in [3.05, 3.63) is 35.4 Å². The van der Waals surface area contributed by atoms with E-state index in [1.807, 2.05) is 0 Å². The highest BCUT2D eigenvalue weighted by Crippen LogP contribution is 2.13. The number of nitrogens with zero attached hydrogens (tertiary/aromatic N) is 1. The van der Waals surface area contributed by atoms with Gasteiger partial charge in [0, 0.05) is 18.6 Å². The molecule has 0 bridgehead atoms. The third-order valence-electron chi connectivity index (χ3n) is 3.92. The average Bonchev–Trinajstić information content (AvgIpc) is 2.37. The van der Waals surface area contributed by atoms with Crippen LogP contribution in [0.5, 0.6) is 0 Å². The summed E-state index contributed by atoms with van der Waals surface area (Å²) in [6, 6.07) is 9.99. The Kier molecular flexibility index (Phi) is 6.53. The Morgan fingerprint density at radius 2 is 1.63 bits per heavy atom. The lowest BCUT2D eigenvalue weighted by molar-refractivity contribution is 0.187. The van der Waals surface area contributed by atoms with E-state index in [2.05, 4.69) is 76.1 Å². The summed E-state index contributed by atoms with van der Waals surface area (Å²) in [5, 5.41) is 3.53. The van der Waals surface area contributed by atoms with E-state index in [0.717, 1.165) is 13.1 Å². The van der Waals surface area contributed by atoms with Crippen LogP contribution in [0.25, 0.3) is 0 Å². The van der Waals surface area contributed by atoms with E-state index in [0.29, 0.717) is 18.0 Å². The first-order valence-electron chi connectivity index (χ1n) is 7.39. The van der Waals surface area contributed by atoms with Crippen LogP contribution in [0, 0.1) is 12.8 Å². The Balaban J connectivity index is 2.47. The highest BCUT2D eigenvalue weighted by atomic mass is 15.1. The average molecular weight is 262 g/mol. The van der Waals surface area contributed by atoms with E-state index >= 15 is 0 Å². The minimum atomic E-state index is 0.567. The molecule has 0 aromatic heterocycles. The first kappa shape index (κ1) is 16.2. The summed E-state index contributed by atoms with van der Waals surface area (Å²) in [7, 11) is 2.22. The van der Waals surface area contributed by atoms with E-state index in [1.54, 1.807) is 0 Å². The van der Waals surface area contributed by atoms with Crippen LogP contribution in [0.4, 0.5) is 0 Å². The molecule has 0 amide bonds. The van der Waals surface area contributed by atoms with E-state index in [1.165, 1.54) is 11.1 Å². The lowest BCUT2D eigenvalue weighted by atomic mass is 10.0. The van der Waals surface area contributed by atoms with Gasteiger partial charge in [0.2, 0.25) is 0 Å². The van der Waals surface area contributed by atoms with Gasteiger partial charge >= 0.3 is 0 Å². The van der Waals surface area contributed by atoms with Gasteiger partial charge < -0.3 is 5.32 Å². The molecule has 0 fully saturated rings. The van der Waals surface area contributed by atoms with Crippen molar-refractivity contribution in [2.75, 3.05) is 13.6 Å². The molecule has 1 aromatic rings. The van der Waals surface area contributed by atoms with E-state index < -0.39 is 0 Å². The molecule has 0 spiro atoms. The van der Waals surface area contributed by atoms with Crippen molar-refractivity contribution in [1.29, 1.82) is 0 Å². The van der Waals surface area contributed by atoms with E-state index in [-0.39, 0.29) is 0 Å². The summed E-state index contributed by atoms with van der Waals surface area (Å²) >= 11 is 0. The number of nitrogens with one attached hydrogen (secondary N) is 1. The molecule has 1 N–H and O–H groups in total. The summed E-state index contributed by atoms with van der Waals surface area (Å²) in [5.41, 5.74) is 2.72. The predicted molar refractivity (Wildman–Crippen MR) is 84.4 cm³/mol. The van der Waals surface area contributed by atoms with Crippen LogP contribution in [-0.2, 0) is 6.54 Å². The van der Waals surface area contributed by atoms with Gasteiger partial charge in [0.1, 0.15) is 0 Å². The Labute approximate surface area is 119 Å². The summed E-state index contributed by atoms with van der Waals surface area (Å²) < 4.78 is 0. The van der Waals surface area contributed by atoms with Gasteiger partial charge in [-0.1, -0.05) is 50.6 Å². The standard InChI is InChI=1S/C17H30N2/c1-13(2)18-11-15(4)16(5)19(6)12-17-9-7-14(3)8-10-17/h7-10,13,15-16,18H,11-12H2,1-6H3. The van der Waals surface area contributed by atoms with Gasteiger partial charge in [0.05, 0.1) is 0 Å². The number of hydrogen-bond donors (Lipinski definition) is 1. The zero-order valence-electron chi connectivity index (χ0n) is 13.4. The fourth-order valence-corrected chi connectivity index (χ4v) is 2.15. The molecule has 2 nitrogen and oxygen atoms in total. The molecule has 2 atom stereocenters. The fourth-order valence-electron chi connectivity index (χ4n) is 2.15. The molecule has 19 heavy (non-hydrogen) atoms. The van der Waals surface area contributed by atoms with E-state index in [4.69, 9.17) is 0 Å². The van der Waals surface area contributed by atoms with Crippen molar-refractivity contribution in [2.45, 2.75) is 53.2 Å². The minimum Gasteiger partial charge on any atom is -0.314 e. The van der Waals surface area contributed by atoms with E-state index in [9.17, 15) is 0 Å². The Morgan fingerprint density at radius 1 is 1.05 bits per heavy atom. The van der Waals surface area contributed by atoms with Crippen LogP contribution in [0.1, 0.15) is 38.8 Å². The molecule has 0 heterocycles. The zero-order chi connectivity index (χ0) is 14.4. The second-order valence-electron chi connectivity index (χ2n) is 6.18. The summed E-state index contributed by atoms with van der Waals surface area (Å²) in [4.78, 5) is 2.44. The van der Waals surface area contributed by atoms with Crippen LogP contribution in [0.15, 0.2) is 24.3 Å². The number of rotatable bonds is 7. The maximum Gasteiger partial charge on any atom is 0.0233 e. The van der Waals surface area contributed by atoms with Gasteiger partial charge in [-0.25, -0.2) is 0 Å². The van der Waals surface area contributed by atoms with Crippen molar-refractivity contribution >= 4 is 0 Å². The first-order valence-corrected chi connectivity index (χ1v) is 7.39. The molecule has 2 heteroatoms. The minimum absolute atomic E-state index is 0.567. The molecule has 1 aromatic carbocycles. The van der Waals surface area contributed by atoms with Crippen molar-refractivity contribution in [3.8, 4) is 0 Å². The zero-order valence-corrected chi connectivity index (χ0v) is 13.4. The Bertz CT molecular complexity index is 356. The lowest BCUT2D eigenvalue weighted by Crippen LogP contribution is -2.40. The molecule has 0 saturated carbocycles. The van der Waals surface area contributed by atoms with Gasteiger partial charge in [-0.2, -0.15) is 0 Å². The van der Waals surface area contributed by atoms with Crippen LogP contribution in [-0.4, -0.2) is 30.6 Å². The Morgan fingerprint density at radius 3 is 2.16 bits per heavy atom. The van der Waals surface area contributed by atoms with Crippen molar-refractivity contribution in [1.82, 2.24) is 10.2 Å². The number of benzene rings is 1. The summed E-state index contributed by atoms with van der Waals surface area (Å²) in [6.45, 7) is 13.3. The third-order valence-corrected chi connectivity index (χ3v) is 3.92. The van der Waals surface area contributed by atoms with Gasteiger partial charge in [0.25, 0.3) is 0 Å². The van der Waals surface area contributed by atoms with Crippen molar-refractivity contribution < 1.29 is 0 Å². The van der Waals surface area contributed by atoms with Gasteiger partial charge in [-0.15, -0.1) is 0 Å². The first-order chi connectivity index (χ1) is 8.90. The topological polar surface area (TPSA) is 15.3 Å². The second-order valence-corrected chi connectivity index (χ2v) is 6.18. The largest absolute Gasteiger partial charge is 0.314 e. The molecule has 0 aliphatic rings. The van der Waals surface area contributed by atoms with Crippen molar-refractivity contribution in [3.63, 3.8) is 0 Å². The van der Waals surface area contributed by atoms with Crippen LogP contribution in [0.2, 0.25) is 0 Å². The maximum atomic E-state index is 3.53. The summed E-state index contributed by atoms with van der Waals surface area (Å²) in [5.74, 6) is 0.651. The van der Waals surface area contributed by atoms with Crippen molar-refractivity contribution in [2.24, 2.45) is 5.92 Å². The van der Waals surface area contributed by atoms with Gasteiger partial charge in [-0.05, 0) is 38.9 Å². The molecule has 0 saturated heterocycles. The van der Waals surface area contributed by atoms with Gasteiger partial charge in [0.15, 0.2) is 0 Å². The highest BCUT2D eigenvalue weighted by Gasteiger charge is 2.17. The van der Waals surface area contributed by atoms with Crippen LogP contribution < -0.4 is 5.32 Å². The second kappa shape index (κ2) is 7.66. The fraction of sp³-hybridized carbons (Fsp3) is 0.647. The molecule has 0 aliphatic carbocycles.